The zero-order chi connectivity index (χ0) is 13.7. The van der Waals surface area contributed by atoms with Crippen LogP contribution in [0.5, 0.6) is 0 Å². The van der Waals surface area contributed by atoms with E-state index in [9.17, 15) is 9.90 Å². The molecule has 1 fully saturated rings. The zero-order valence-corrected chi connectivity index (χ0v) is 11.3. The largest absolute Gasteiger partial charge is 0.481 e. The Bertz CT molecular complexity index is 413. The highest BCUT2D eigenvalue weighted by atomic mass is 16.5. The first-order chi connectivity index (χ1) is 9.11. The molecule has 0 bridgehead atoms. The Labute approximate surface area is 113 Å². The number of benzene rings is 1. The molecule has 1 saturated heterocycles. The maximum absolute atomic E-state index is 11.4. The summed E-state index contributed by atoms with van der Waals surface area (Å²) >= 11 is 0. The average Bonchev–Trinajstić information content (AvgIpc) is 2.40. The summed E-state index contributed by atoms with van der Waals surface area (Å²) in [5.74, 6) is -1.28. The van der Waals surface area contributed by atoms with Crippen LogP contribution >= 0.6 is 0 Å². The monoisotopic (exact) mass is 263 g/mol. The van der Waals surface area contributed by atoms with Gasteiger partial charge in [-0.1, -0.05) is 30.3 Å². The number of ether oxygens (including phenoxy) is 1. The summed E-state index contributed by atoms with van der Waals surface area (Å²) in [6.45, 7) is 4.08. The molecule has 0 saturated carbocycles. The lowest BCUT2D eigenvalue weighted by molar-refractivity contribution is -0.138. The van der Waals surface area contributed by atoms with Crippen molar-refractivity contribution in [1.29, 1.82) is 0 Å². The first-order valence-electron chi connectivity index (χ1n) is 6.71. The Balaban J connectivity index is 2.00. The predicted molar refractivity (Wildman–Crippen MR) is 73.3 cm³/mol. The van der Waals surface area contributed by atoms with Gasteiger partial charge >= 0.3 is 5.97 Å². The number of carboxylic acid groups (broad SMARTS) is 1. The van der Waals surface area contributed by atoms with Gasteiger partial charge in [0.1, 0.15) is 0 Å². The predicted octanol–water partition coefficient (Wildman–Crippen LogP) is 2.01. The van der Waals surface area contributed by atoms with E-state index in [0.717, 1.165) is 31.6 Å². The Morgan fingerprint density at radius 2 is 2.00 bits per heavy atom. The van der Waals surface area contributed by atoms with Crippen molar-refractivity contribution in [2.45, 2.75) is 31.2 Å². The summed E-state index contributed by atoms with van der Waals surface area (Å²) in [7, 11) is 0. The van der Waals surface area contributed by atoms with Gasteiger partial charge in [-0.05, 0) is 25.3 Å². The number of aliphatic carboxylic acids is 1. The highest BCUT2D eigenvalue weighted by Gasteiger charge is 2.29. The van der Waals surface area contributed by atoms with Gasteiger partial charge in [-0.25, -0.2) is 0 Å². The molecule has 2 N–H and O–H groups in total. The second kappa shape index (κ2) is 6.17. The second-order valence-electron chi connectivity index (χ2n) is 5.36. The lowest BCUT2D eigenvalue weighted by Crippen LogP contribution is -2.48. The van der Waals surface area contributed by atoms with Crippen molar-refractivity contribution in [1.82, 2.24) is 5.32 Å². The van der Waals surface area contributed by atoms with Gasteiger partial charge in [-0.2, -0.15) is 0 Å². The maximum atomic E-state index is 11.4. The number of carboxylic acids is 1. The highest BCUT2D eigenvalue weighted by Crippen LogP contribution is 2.22. The molecule has 4 heteroatoms. The first-order valence-corrected chi connectivity index (χ1v) is 6.71. The molecular formula is C15H21NO3. The normalized spacial score (nSPS) is 19.8. The van der Waals surface area contributed by atoms with Gasteiger partial charge < -0.3 is 15.2 Å². The van der Waals surface area contributed by atoms with Gasteiger partial charge in [0.05, 0.1) is 5.92 Å². The van der Waals surface area contributed by atoms with Crippen LogP contribution in [0.15, 0.2) is 30.3 Å². The van der Waals surface area contributed by atoms with Crippen molar-refractivity contribution in [3.63, 3.8) is 0 Å². The smallest absolute Gasteiger partial charge is 0.312 e. The lowest BCUT2D eigenvalue weighted by Gasteiger charge is -2.35. The molecule has 0 spiro atoms. The van der Waals surface area contributed by atoms with Crippen molar-refractivity contribution >= 4 is 5.97 Å². The minimum absolute atomic E-state index is 0.0132. The number of hydrogen-bond acceptors (Lipinski definition) is 3. The Morgan fingerprint density at radius 3 is 2.58 bits per heavy atom. The van der Waals surface area contributed by atoms with Crippen molar-refractivity contribution < 1.29 is 14.6 Å². The summed E-state index contributed by atoms with van der Waals surface area (Å²) < 4.78 is 5.35. The van der Waals surface area contributed by atoms with Gasteiger partial charge in [0.25, 0.3) is 0 Å². The summed E-state index contributed by atoms with van der Waals surface area (Å²) in [5.41, 5.74) is 0.832. The van der Waals surface area contributed by atoms with E-state index in [-0.39, 0.29) is 5.54 Å². The van der Waals surface area contributed by atoms with Gasteiger partial charge in [0, 0.05) is 25.3 Å². The Kier molecular flexibility index (Phi) is 4.56. The van der Waals surface area contributed by atoms with Crippen molar-refractivity contribution in [3.05, 3.63) is 35.9 Å². The van der Waals surface area contributed by atoms with Crippen molar-refractivity contribution in [3.8, 4) is 0 Å². The van der Waals surface area contributed by atoms with E-state index in [0.29, 0.717) is 6.54 Å². The second-order valence-corrected chi connectivity index (χ2v) is 5.36. The molecule has 104 valence electrons. The fraction of sp³-hybridized carbons (Fsp3) is 0.533. The third kappa shape index (κ3) is 3.78. The SMILES string of the molecule is CC1(NCC(C(=O)O)c2ccccc2)CCOCC1. The van der Waals surface area contributed by atoms with Crippen LogP contribution < -0.4 is 5.32 Å². The van der Waals surface area contributed by atoms with E-state index in [2.05, 4.69) is 12.2 Å². The fourth-order valence-electron chi connectivity index (χ4n) is 2.38. The van der Waals surface area contributed by atoms with Crippen LogP contribution in [-0.4, -0.2) is 36.4 Å². The minimum Gasteiger partial charge on any atom is -0.481 e. The zero-order valence-electron chi connectivity index (χ0n) is 11.3. The van der Waals surface area contributed by atoms with Crippen LogP contribution in [0.25, 0.3) is 0 Å². The van der Waals surface area contributed by atoms with E-state index < -0.39 is 11.9 Å². The van der Waals surface area contributed by atoms with Crippen LogP contribution in [0.4, 0.5) is 0 Å². The van der Waals surface area contributed by atoms with Crippen molar-refractivity contribution in [2.24, 2.45) is 0 Å². The van der Waals surface area contributed by atoms with E-state index in [1.165, 1.54) is 0 Å². The minimum atomic E-state index is -0.783. The molecule has 0 radical (unpaired) electrons. The summed E-state index contributed by atoms with van der Waals surface area (Å²) in [4.78, 5) is 11.4. The summed E-state index contributed by atoms with van der Waals surface area (Å²) in [5, 5.41) is 12.8. The summed E-state index contributed by atoms with van der Waals surface area (Å²) in [6.07, 6.45) is 1.85. The Morgan fingerprint density at radius 1 is 1.37 bits per heavy atom. The van der Waals surface area contributed by atoms with Crippen LogP contribution in [0.1, 0.15) is 31.2 Å². The molecule has 1 aromatic rings. The van der Waals surface area contributed by atoms with Crippen molar-refractivity contribution in [2.75, 3.05) is 19.8 Å². The molecule has 1 atom stereocenters. The first kappa shape index (κ1) is 14.0. The molecule has 1 aliphatic rings. The average molecular weight is 263 g/mol. The molecule has 1 unspecified atom stereocenters. The fourth-order valence-corrected chi connectivity index (χ4v) is 2.38. The van der Waals surface area contributed by atoms with Gasteiger partial charge in [-0.15, -0.1) is 0 Å². The molecule has 19 heavy (non-hydrogen) atoms. The lowest BCUT2D eigenvalue weighted by atomic mass is 9.90. The molecular weight excluding hydrogens is 242 g/mol. The van der Waals surface area contributed by atoms with E-state index in [1.54, 1.807) is 0 Å². The van der Waals surface area contributed by atoms with Crippen LogP contribution in [0.3, 0.4) is 0 Å². The third-order valence-electron chi connectivity index (χ3n) is 3.83. The third-order valence-corrected chi connectivity index (χ3v) is 3.83. The van der Waals surface area contributed by atoms with E-state index >= 15 is 0 Å². The number of carbonyl (C=O) groups is 1. The number of nitrogens with one attached hydrogen (secondary N) is 1. The van der Waals surface area contributed by atoms with Crippen LogP contribution in [-0.2, 0) is 9.53 Å². The Hall–Kier alpha value is -1.39. The molecule has 0 aromatic heterocycles. The van der Waals surface area contributed by atoms with Gasteiger partial charge in [0.15, 0.2) is 0 Å². The van der Waals surface area contributed by atoms with Gasteiger partial charge in [-0.3, -0.25) is 4.79 Å². The number of rotatable bonds is 5. The molecule has 1 aromatic carbocycles. The molecule has 1 aliphatic heterocycles. The van der Waals surface area contributed by atoms with Gasteiger partial charge in [0.2, 0.25) is 0 Å². The highest BCUT2D eigenvalue weighted by molar-refractivity contribution is 5.76. The quantitative estimate of drug-likeness (QED) is 0.853. The molecule has 2 rings (SSSR count). The van der Waals surface area contributed by atoms with Crippen LogP contribution in [0.2, 0.25) is 0 Å². The maximum Gasteiger partial charge on any atom is 0.312 e. The van der Waals surface area contributed by atoms with E-state index in [1.807, 2.05) is 30.3 Å². The van der Waals surface area contributed by atoms with E-state index in [4.69, 9.17) is 4.74 Å². The number of hydrogen-bond donors (Lipinski definition) is 2. The molecule has 0 aliphatic carbocycles. The topological polar surface area (TPSA) is 58.6 Å². The molecule has 0 amide bonds. The standard InChI is InChI=1S/C15H21NO3/c1-15(7-9-19-10-8-15)16-11-13(14(17)18)12-5-3-2-4-6-12/h2-6,13,16H,7-11H2,1H3,(H,17,18). The summed E-state index contributed by atoms with van der Waals surface area (Å²) in [6, 6.07) is 9.39. The van der Waals surface area contributed by atoms with Crippen LogP contribution in [0, 0.1) is 0 Å². The molecule has 1 heterocycles. The molecule has 4 nitrogen and oxygen atoms in total.